The molecule has 2 aromatic heterocycles. The molecule has 6 unspecified atom stereocenters. The summed E-state index contributed by atoms with van der Waals surface area (Å²) in [4.78, 5) is 67.4. The number of amides is 5. The normalized spacial score (nSPS) is 15.6. The van der Waals surface area contributed by atoms with Crippen molar-refractivity contribution in [2.24, 2.45) is 11.8 Å². The number of ether oxygens (including phenoxy) is 1. The molecule has 3 aromatic carbocycles. The molecular formula is C49H60N8O6. The van der Waals surface area contributed by atoms with Gasteiger partial charge in [-0.1, -0.05) is 119 Å². The topological polar surface area (TPSA) is 169 Å². The first kappa shape index (κ1) is 46.1. The summed E-state index contributed by atoms with van der Waals surface area (Å²) in [6, 6.07) is 28.2. The highest BCUT2D eigenvalue weighted by Gasteiger charge is 2.41. The first-order valence-electron chi connectivity index (χ1n) is 21.8. The number of benzene rings is 3. The zero-order chi connectivity index (χ0) is 44.9. The fraction of sp³-hybridized carbons (Fsp3) is 0.388. The number of nitrogens with one attached hydrogen (secondary N) is 3. The lowest BCUT2D eigenvalue weighted by molar-refractivity contribution is -0.132. The van der Waals surface area contributed by atoms with Crippen LogP contribution < -0.4 is 16.1 Å². The number of hydrogen-bond acceptors (Lipinski definition) is 9. The van der Waals surface area contributed by atoms with Gasteiger partial charge in [0.05, 0.1) is 24.8 Å². The third-order valence-electron chi connectivity index (χ3n) is 12.1. The molecule has 5 aromatic rings. The number of aromatic nitrogens is 2. The van der Waals surface area contributed by atoms with Gasteiger partial charge >= 0.3 is 12.1 Å². The fourth-order valence-corrected chi connectivity index (χ4v) is 8.03. The van der Waals surface area contributed by atoms with Gasteiger partial charge in [-0.15, -0.1) is 0 Å². The van der Waals surface area contributed by atoms with E-state index in [0.29, 0.717) is 32.5 Å². The third kappa shape index (κ3) is 12.0. The third-order valence-corrected chi connectivity index (χ3v) is 12.1. The van der Waals surface area contributed by atoms with Gasteiger partial charge in [0.1, 0.15) is 12.1 Å². The number of fused-ring (bicyclic) bond motifs is 1. The van der Waals surface area contributed by atoms with Crippen LogP contribution in [0.25, 0.3) is 22.0 Å². The van der Waals surface area contributed by atoms with Gasteiger partial charge in [-0.25, -0.2) is 14.6 Å². The highest BCUT2D eigenvalue weighted by molar-refractivity contribution is 5.89. The molecule has 1 aliphatic rings. The number of para-hydroxylation sites is 1. The number of pyridine rings is 2. The molecule has 6 atom stereocenters. The van der Waals surface area contributed by atoms with Crippen LogP contribution in [0.1, 0.15) is 57.2 Å². The maximum Gasteiger partial charge on any atom is 0.407 e. The van der Waals surface area contributed by atoms with Gasteiger partial charge < -0.3 is 30.3 Å². The molecule has 5 amide bonds. The predicted octanol–water partition coefficient (Wildman–Crippen LogP) is 6.34. The largest absolute Gasteiger partial charge is 0.453 e. The molecule has 0 aliphatic carbocycles. The van der Waals surface area contributed by atoms with Crippen molar-refractivity contribution in [2.45, 2.75) is 84.3 Å². The zero-order valence-electron chi connectivity index (χ0n) is 36.8. The molecule has 1 saturated heterocycles. The SMILES string of the molecule is CCC(C)C(NC(=O)OC)C(=O)NN(Cc1ccc(-c2cccnc2)cc1)CC(O)C(Cc1ccccc1)NC(=O)C(C(C)CC)N1CCN(Cc2ccnc3ccccc23)C1=O. The maximum atomic E-state index is 14.7. The molecule has 1 aliphatic heterocycles. The van der Waals surface area contributed by atoms with Crippen LogP contribution in [0, 0.1) is 11.8 Å². The molecule has 14 nitrogen and oxygen atoms in total. The van der Waals surface area contributed by atoms with E-state index in [4.69, 9.17) is 4.74 Å². The molecule has 1 fully saturated rings. The van der Waals surface area contributed by atoms with Crippen LogP contribution in [0.15, 0.2) is 116 Å². The Kier molecular flexibility index (Phi) is 16.2. The van der Waals surface area contributed by atoms with Crippen LogP contribution in [0.2, 0.25) is 0 Å². The first-order chi connectivity index (χ1) is 30.5. The van der Waals surface area contributed by atoms with Crippen molar-refractivity contribution in [2.75, 3.05) is 26.7 Å². The van der Waals surface area contributed by atoms with Crippen molar-refractivity contribution in [3.8, 4) is 11.1 Å². The predicted molar refractivity (Wildman–Crippen MR) is 243 cm³/mol. The summed E-state index contributed by atoms with van der Waals surface area (Å²) in [6.07, 6.45) is 4.82. The highest BCUT2D eigenvalue weighted by atomic mass is 16.5. The highest BCUT2D eigenvalue weighted by Crippen LogP contribution is 2.26. The lowest BCUT2D eigenvalue weighted by Crippen LogP contribution is -2.59. The van der Waals surface area contributed by atoms with Crippen LogP contribution in [-0.2, 0) is 33.8 Å². The Balaban J connectivity index is 1.25. The molecule has 4 N–H and O–H groups in total. The molecule has 3 heterocycles. The molecule has 0 bridgehead atoms. The molecule has 0 spiro atoms. The molecule has 14 heteroatoms. The smallest absolute Gasteiger partial charge is 0.407 e. The minimum absolute atomic E-state index is 0.0936. The maximum absolute atomic E-state index is 14.7. The van der Waals surface area contributed by atoms with E-state index in [1.165, 1.54) is 7.11 Å². The second-order valence-corrected chi connectivity index (χ2v) is 16.4. The van der Waals surface area contributed by atoms with Crippen molar-refractivity contribution in [1.29, 1.82) is 0 Å². The van der Waals surface area contributed by atoms with Crippen molar-refractivity contribution >= 4 is 34.8 Å². The fourth-order valence-electron chi connectivity index (χ4n) is 8.03. The number of hydrazine groups is 1. The average Bonchev–Trinajstić information content (AvgIpc) is 3.66. The number of aliphatic hydroxyl groups is 1. The number of carbonyl (C=O) groups is 4. The number of methoxy groups -OCH3 is 1. The second kappa shape index (κ2) is 22.1. The Morgan fingerprint density at radius 2 is 1.54 bits per heavy atom. The number of rotatable bonds is 20. The number of carbonyl (C=O) groups excluding carboxylic acids is 4. The number of aliphatic hydroxyl groups excluding tert-OH is 1. The van der Waals surface area contributed by atoms with E-state index < -0.39 is 36.2 Å². The van der Waals surface area contributed by atoms with Gasteiger partial charge in [-0.05, 0) is 64.3 Å². The Labute approximate surface area is 370 Å². The van der Waals surface area contributed by atoms with Gasteiger partial charge in [0, 0.05) is 56.7 Å². The number of urea groups is 1. The molecular weight excluding hydrogens is 797 g/mol. The van der Waals surface area contributed by atoms with Gasteiger partial charge in [0.25, 0.3) is 5.91 Å². The van der Waals surface area contributed by atoms with E-state index in [0.717, 1.165) is 38.7 Å². The summed E-state index contributed by atoms with van der Waals surface area (Å²) in [6.45, 7) is 9.04. The van der Waals surface area contributed by atoms with Gasteiger partial charge in [0.2, 0.25) is 5.91 Å². The van der Waals surface area contributed by atoms with E-state index in [1.54, 1.807) is 33.4 Å². The number of alkyl carbamates (subject to hydrolysis) is 1. The van der Waals surface area contributed by atoms with Crippen LogP contribution >= 0.6 is 0 Å². The Hall–Kier alpha value is -6.38. The second-order valence-electron chi connectivity index (χ2n) is 16.4. The standard InChI is InChI=1S/C49H60N8O6/c1-6-33(3)44(53-48(61)63-5)46(59)54-56(30-36-19-21-37(22-20-36)38-16-13-24-50-29-38)32-43(58)42(28-35-14-9-8-10-15-35)52-47(60)45(34(4)7-2)57-27-26-55(49(57)62)31-39-23-25-51-41-18-12-11-17-40(39)41/h8-25,29,33-34,42-45,58H,6-7,26-28,30-32H2,1-5H3,(H,52,60)(H,53,61)(H,54,59). The van der Waals surface area contributed by atoms with E-state index in [2.05, 4.69) is 26.0 Å². The minimum Gasteiger partial charge on any atom is -0.453 e. The van der Waals surface area contributed by atoms with Crippen LogP contribution in [0.4, 0.5) is 9.59 Å². The summed E-state index contributed by atoms with van der Waals surface area (Å²) in [5.74, 6) is -1.29. The molecule has 63 heavy (non-hydrogen) atoms. The number of hydrogen-bond donors (Lipinski definition) is 4. The lowest BCUT2D eigenvalue weighted by atomic mass is 9.95. The van der Waals surface area contributed by atoms with Crippen molar-refractivity contribution in [3.63, 3.8) is 0 Å². The van der Waals surface area contributed by atoms with E-state index in [1.807, 2.05) is 125 Å². The van der Waals surface area contributed by atoms with Gasteiger partial charge in [-0.2, -0.15) is 0 Å². The quantitative estimate of drug-likeness (QED) is 0.0653. The first-order valence-corrected chi connectivity index (χ1v) is 21.8. The summed E-state index contributed by atoms with van der Waals surface area (Å²) in [7, 11) is 1.24. The van der Waals surface area contributed by atoms with Crippen LogP contribution in [0.5, 0.6) is 0 Å². The van der Waals surface area contributed by atoms with Crippen LogP contribution in [0.3, 0.4) is 0 Å². The Morgan fingerprint density at radius 1 is 0.810 bits per heavy atom. The van der Waals surface area contributed by atoms with E-state index in [9.17, 15) is 24.3 Å². The summed E-state index contributed by atoms with van der Waals surface area (Å²) < 4.78 is 4.84. The Morgan fingerprint density at radius 3 is 2.24 bits per heavy atom. The van der Waals surface area contributed by atoms with Crippen LogP contribution in [-0.4, -0.2) is 105 Å². The van der Waals surface area contributed by atoms with E-state index in [-0.39, 0.29) is 43.3 Å². The number of nitrogens with zero attached hydrogens (tertiary/aromatic N) is 5. The van der Waals surface area contributed by atoms with Crippen molar-refractivity contribution in [3.05, 3.63) is 132 Å². The lowest BCUT2D eigenvalue weighted by Gasteiger charge is -2.35. The van der Waals surface area contributed by atoms with Gasteiger partial charge in [0.15, 0.2) is 0 Å². The summed E-state index contributed by atoms with van der Waals surface area (Å²) >= 11 is 0. The molecule has 332 valence electrons. The minimum atomic E-state index is -1.21. The monoisotopic (exact) mass is 856 g/mol. The van der Waals surface area contributed by atoms with E-state index >= 15 is 0 Å². The summed E-state index contributed by atoms with van der Waals surface area (Å²) in [5.41, 5.74) is 8.45. The van der Waals surface area contributed by atoms with Gasteiger partial charge in [-0.3, -0.25) is 25.0 Å². The summed E-state index contributed by atoms with van der Waals surface area (Å²) in [5, 5.41) is 20.7. The van der Waals surface area contributed by atoms with Crippen molar-refractivity contribution < 1.29 is 29.0 Å². The average molecular weight is 857 g/mol. The molecule has 0 saturated carbocycles. The zero-order valence-corrected chi connectivity index (χ0v) is 36.8. The molecule has 6 rings (SSSR count). The molecule has 0 radical (unpaired) electrons. The van der Waals surface area contributed by atoms with Crippen molar-refractivity contribution in [1.82, 2.24) is 40.8 Å². The Bertz CT molecular complexity index is 2280.